The van der Waals surface area contributed by atoms with Crippen molar-refractivity contribution >= 4 is 13.3 Å². The van der Waals surface area contributed by atoms with Crippen molar-refractivity contribution in [3.63, 3.8) is 0 Å². The molecule has 64 heavy (non-hydrogen) atoms. The van der Waals surface area contributed by atoms with Gasteiger partial charge in [-0.3, -0.25) is 0 Å². The largest absolute Gasteiger partial charge is 0.508 e. The maximum absolute atomic E-state index is 11.9. The number of phenolic OH excluding ortho intramolecular Hbond substituents is 4. The van der Waals surface area contributed by atoms with Crippen molar-refractivity contribution in [2.45, 2.75) is 113 Å². The zero-order chi connectivity index (χ0) is 45.8. The number of phenols is 4. The van der Waals surface area contributed by atoms with Crippen LogP contribution >= 0.6 is 0 Å². The fourth-order valence-corrected chi connectivity index (χ4v) is 11.3. The highest BCUT2D eigenvalue weighted by atomic mass is 16.5. The summed E-state index contributed by atoms with van der Waals surface area (Å²) >= 11 is 0. The number of hydrogen-bond donors (Lipinski definition) is 4. The molecule has 3 aliphatic heterocycles. The maximum atomic E-state index is 11.9. The van der Waals surface area contributed by atoms with Gasteiger partial charge in [0.15, 0.2) is 11.5 Å². The number of hydrogen-bond acceptors (Lipinski definition) is 7. The van der Waals surface area contributed by atoms with Gasteiger partial charge in [-0.2, -0.15) is 0 Å². The monoisotopic (exact) mass is 854 g/mol. The Kier molecular flexibility index (Phi) is 10.7. The summed E-state index contributed by atoms with van der Waals surface area (Å²) in [4.78, 5) is 0. The van der Waals surface area contributed by atoms with E-state index in [1.807, 2.05) is 0 Å². The van der Waals surface area contributed by atoms with E-state index in [1.54, 1.807) is 6.07 Å². The smallest absolute Gasteiger partial charge is 0.157 e. The predicted molar refractivity (Wildman–Crippen MR) is 254 cm³/mol. The molecule has 0 amide bonds. The minimum Gasteiger partial charge on any atom is -0.508 e. The van der Waals surface area contributed by atoms with Crippen LogP contribution in [0.2, 0.25) is 0 Å². The van der Waals surface area contributed by atoms with Crippen LogP contribution in [0.4, 0.5) is 0 Å². The molecule has 2 radical (unpaired) electrons. The summed E-state index contributed by atoms with van der Waals surface area (Å²) in [5, 5.41) is 43.9. The van der Waals surface area contributed by atoms with E-state index in [9.17, 15) is 20.4 Å². The summed E-state index contributed by atoms with van der Waals surface area (Å²) < 4.78 is 21.7. The molecule has 8 atom stereocenters. The Morgan fingerprint density at radius 3 is 1.45 bits per heavy atom. The summed E-state index contributed by atoms with van der Waals surface area (Å²) in [6, 6.07) is 23.8. The quantitative estimate of drug-likeness (QED) is 0.101. The van der Waals surface area contributed by atoms with Gasteiger partial charge in [0.2, 0.25) is 0 Å². The van der Waals surface area contributed by atoms with Crippen molar-refractivity contribution in [3.8, 4) is 40.2 Å². The van der Waals surface area contributed by atoms with Crippen molar-refractivity contribution in [1.29, 1.82) is 0 Å². The molecule has 7 nitrogen and oxygen atoms in total. The van der Waals surface area contributed by atoms with Crippen molar-refractivity contribution in [3.05, 3.63) is 162 Å². The van der Waals surface area contributed by atoms with Gasteiger partial charge in [0, 0.05) is 57.9 Å². The third kappa shape index (κ3) is 6.87. The van der Waals surface area contributed by atoms with Crippen molar-refractivity contribution < 1.29 is 34.6 Å². The van der Waals surface area contributed by atoms with Gasteiger partial charge in [0.05, 0.1) is 0 Å². The minimum absolute atomic E-state index is 0.00312. The van der Waals surface area contributed by atoms with E-state index in [1.165, 1.54) is 62.7 Å². The Hall–Kier alpha value is -6.02. The number of aromatic hydroxyl groups is 4. The number of aryl methyl sites for hydroxylation is 8. The van der Waals surface area contributed by atoms with Crippen LogP contribution in [0.15, 0.2) is 72.8 Å². The molecule has 0 aliphatic carbocycles. The average Bonchev–Trinajstić information content (AvgIpc) is 3.24. The lowest BCUT2D eigenvalue weighted by molar-refractivity contribution is 0.0927. The average molecular weight is 855 g/mol. The van der Waals surface area contributed by atoms with E-state index in [2.05, 4.69) is 125 Å². The molecule has 0 bridgehead atoms. The molecule has 0 saturated carbocycles. The molecular formula is C56H59BO7. The van der Waals surface area contributed by atoms with E-state index in [0.717, 1.165) is 51.3 Å². The normalized spacial score (nSPS) is 23.5. The fourth-order valence-electron chi connectivity index (χ4n) is 11.3. The van der Waals surface area contributed by atoms with Crippen LogP contribution in [0.3, 0.4) is 0 Å². The first-order chi connectivity index (χ1) is 30.4. The molecule has 6 aromatic rings. The molecule has 328 valence electrons. The zero-order valence-electron chi connectivity index (χ0n) is 38.8. The van der Waals surface area contributed by atoms with Crippen molar-refractivity contribution in [2.75, 3.05) is 0 Å². The second-order valence-corrected chi connectivity index (χ2v) is 19.4. The lowest BCUT2D eigenvalue weighted by Crippen LogP contribution is -2.35. The van der Waals surface area contributed by atoms with Crippen LogP contribution in [0, 0.1) is 73.1 Å². The van der Waals surface area contributed by atoms with Gasteiger partial charge in [-0.15, -0.1) is 0 Å². The second kappa shape index (κ2) is 15.9. The molecule has 3 aliphatic rings. The standard InChI is InChI=1S/C56H59BO7/c1-25-12-14-36(20-27(25)3)51-33(9)22-39-29(5)18-30(6)44(54(39)62-51)47-34(10)52(37-15-13-26(2)28(4)21-37)63-55-45(47)31(7)19-32(8)46(55)48-35(11)53(38-16-17-40(58)41(59)23-38)64-56-49(48)42(60)24-43(61)50(56)57/h12-21,23-24,33-35,47-48,51-53,58-61H,22H2,1-11H3. The number of benzene rings is 6. The van der Waals surface area contributed by atoms with Gasteiger partial charge in [-0.25, -0.2) is 0 Å². The third-order valence-electron chi connectivity index (χ3n) is 15.0. The van der Waals surface area contributed by atoms with Crippen LogP contribution in [-0.4, -0.2) is 28.3 Å². The summed E-state index contributed by atoms with van der Waals surface area (Å²) in [6.45, 7) is 23.9. The van der Waals surface area contributed by atoms with Gasteiger partial charge < -0.3 is 34.6 Å². The van der Waals surface area contributed by atoms with Crippen molar-refractivity contribution in [2.24, 2.45) is 17.8 Å². The second-order valence-electron chi connectivity index (χ2n) is 19.4. The SMILES string of the molecule is [B]c1c(O)cc(O)c2c1OC(c1ccc(O)c(O)c1)C(C)C2c1c(C)cc(C)c2c1OC(c1ccc(C)c(C)c1)C(C)C2c1c(C)cc(C)c2c1OC(c1ccc(C)c(C)c1)C(C)C2. The molecule has 8 heteroatoms. The highest BCUT2D eigenvalue weighted by Gasteiger charge is 2.48. The molecule has 8 unspecified atom stereocenters. The van der Waals surface area contributed by atoms with Gasteiger partial charge in [-0.05, 0) is 146 Å². The van der Waals surface area contributed by atoms with E-state index in [0.29, 0.717) is 11.1 Å². The summed E-state index contributed by atoms with van der Waals surface area (Å²) in [5.74, 6) is -0.00898. The van der Waals surface area contributed by atoms with E-state index in [4.69, 9.17) is 22.1 Å². The Morgan fingerprint density at radius 2 is 0.891 bits per heavy atom. The number of rotatable bonds is 5. The highest BCUT2D eigenvalue weighted by Crippen LogP contribution is 2.61. The molecule has 6 aromatic carbocycles. The minimum atomic E-state index is -0.707. The molecule has 3 heterocycles. The van der Waals surface area contributed by atoms with E-state index < -0.39 is 12.0 Å². The summed E-state index contributed by atoms with van der Waals surface area (Å²) in [5.41, 5.74) is 17.0. The molecular weight excluding hydrogens is 795 g/mol. The molecule has 0 saturated heterocycles. The van der Waals surface area contributed by atoms with E-state index in [-0.39, 0.29) is 70.1 Å². The van der Waals surface area contributed by atoms with Crippen LogP contribution in [0.1, 0.15) is 140 Å². The molecule has 0 spiro atoms. The Bertz CT molecular complexity index is 2880. The topological polar surface area (TPSA) is 109 Å². The molecule has 4 N–H and O–H groups in total. The van der Waals surface area contributed by atoms with Crippen molar-refractivity contribution in [1.82, 2.24) is 0 Å². The first-order valence-corrected chi connectivity index (χ1v) is 22.6. The lowest BCUT2D eigenvalue weighted by Gasteiger charge is -2.45. The Morgan fingerprint density at radius 1 is 0.422 bits per heavy atom. The first-order valence-electron chi connectivity index (χ1n) is 22.6. The summed E-state index contributed by atoms with van der Waals surface area (Å²) in [6.07, 6.45) is -0.328. The Labute approximate surface area is 379 Å². The Balaban J connectivity index is 1.32. The molecule has 0 fully saturated rings. The fraction of sp³-hybridized carbons (Fsp3) is 0.357. The maximum Gasteiger partial charge on any atom is 0.157 e. The van der Waals surface area contributed by atoms with Crippen LogP contribution in [0.5, 0.6) is 40.2 Å². The van der Waals surface area contributed by atoms with Gasteiger partial charge in [0.1, 0.15) is 54.9 Å². The third-order valence-corrected chi connectivity index (χ3v) is 15.0. The van der Waals surface area contributed by atoms with Gasteiger partial charge in [-0.1, -0.05) is 75.4 Å². The van der Waals surface area contributed by atoms with Crippen LogP contribution < -0.4 is 19.7 Å². The van der Waals surface area contributed by atoms with Gasteiger partial charge >= 0.3 is 0 Å². The van der Waals surface area contributed by atoms with Gasteiger partial charge in [0.25, 0.3) is 0 Å². The number of fused-ring (bicyclic) bond motifs is 3. The molecule has 0 aromatic heterocycles. The first kappa shape index (κ1) is 43.2. The zero-order valence-corrected chi connectivity index (χ0v) is 38.8. The predicted octanol–water partition coefficient (Wildman–Crippen LogP) is 11.9. The van der Waals surface area contributed by atoms with E-state index >= 15 is 0 Å². The molecule has 9 rings (SSSR count). The number of ether oxygens (including phenoxy) is 3. The van der Waals surface area contributed by atoms with Crippen LogP contribution in [-0.2, 0) is 6.42 Å². The highest BCUT2D eigenvalue weighted by molar-refractivity contribution is 6.36. The summed E-state index contributed by atoms with van der Waals surface area (Å²) in [7, 11) is 6.64. The lowest BCUT2D eigenvalue weighted by atomic mass is 9.67. The van der Waals surface area contributed by atoms with Crippen LogP contribution in [0.25, 0.3) is 0 Å².